The van der Waals surface area contributed by atoms with Crippen LogP contribution in [0.4, 0.5) is 10.1 Å². The average Bonchev–Trinajstić information content (AvgIpc) is 3.04. The number of carbonyl (C=O) groups excluding carboxylic acids is 4. The molecule has 4 aliphatic heterocycles. The Morgan fingerprint density at radius 2 is 1.51 bits per heavy atom. The molecule has 0 radical (unpaired) electrons. The number of benzene rings is 1. The highest BCUT2D eigenvalue weighted by Gasteiger charge is 2.45. The van der Waals surface area contributed by atoms with E-state index in [-0.39, 0.29) is 48.8 Å². The maximum absolute atomic E-state index is 15.0. The molecular weight excluding hydrogens is 500 g/mol. The van der Waals surface area contributed by atoms with Gasteiger partial charge in [-0.25, -0.2) is 4.39 Å². The Hall–Kier alpha value is -2.27. The molecular formula is C23H30Cl2FN5O4. The van der Waals surface area contributed by atoms with Gasteiger partial charge in [0.1, 0.15) is 11.9 Å². The molecule has 1 aromatic carbocycles. The fourth-order valence-corrected chi connectivity index (χ4v) is 5.32. The standard InChI is InChI=1S/C23H28FN5O4.2ClH/c24-17-11-15-16(23(33)29(22(15)32)18-1-2-20(30)26-21(18)31)12-19(17)28-9-7-27(8-10-28)13-14-3-5-25-6-4-14;;/h11-12,14,18,25H,1-10,13H2,(H,26,30,31);2*1H. The maximum atomic E-state index is 15.0. The van der Waals surface area contributed by atoms with Crippen LogP contribution in [-0.4, -0.2) is 85.3 Å². The van der Waals surface area contributed by atoms with Crippen molar-refractivity contribution >= 4 is 54.1 Å². The third kappa shape index (κ3) is 5.30. The summed E-state index contributed by atoms with van der Waals surface area (Å²) in [4.78, 5) is 54.7. The van der Waals surface area contributed by atoms with Gasteiger partial charge in [0.05, 0.1) is 16.8 Å². The summed E-state index contributed by atoms with van der Waals surface area (Å²) >= 11 is 0. The van der Waals surface area contributed by atoms with Gasteiger partial charge in [0, 0.05) is 39.1 Å². The summed E-state index contributed by atoms with van der Waals surface area (Å²) in [5.74, 6) is -2.27. The van der Waals surface area contributed by atoms with Gasteiger partial charge in [-0.05, 0) is 50.4 Å². The van der Waals surface area contributed by atoms with Crippen LogP contribution < -0.4 is 15.5 Å². The highest BCUT2D eigenvalue weighted by molar-refractivity contribution is 6.23. The Morgan fingerprint density at radius 3 is 2.14 bits per heavy atom. The third-order valence-corrected chi connectivity index (χ3v) is 7.20. The van der Waals surface area contributed by atoms with Gasteiger partial charge in [-0.15, -0.1) is 24.8 Å². The fraction of sp³-hybridized carbons (Fsp3) is 0.565. The van der Waals surface area contributed by atoms with E-state index in [1.807, 2.05) is 4.90 Å². The Balaban J connectivity index is 0.00000171. The largest absolute Gasteiger partial charge is 0.367 e. The SMILES string of the molecule is Cl.Cl.O=C1CCC(N2C(=O)c3cc(F)c(N4CCN(CC5CCNCC5)CC4)cc3C2=O)C(=O)N1. The van der Waals surface area contributed by atoms with E-state index in [9.17, 15) is 19.2 Å². The lowest BCUT2D eigenvalue weighted by Gasteiger charge is -2.38. The van der Waals surface area contributed by atoms with Crippen molar-refractivity contribution in [2.24, 2.45) is 5.92 Å². The second-order valence-electron chi connectivity index (χ2n) is 9.28. The molecule has 4 heterocycles. The highest BCUT2D eigenvalue weighted by Crippen LogP contribution is 2.33. The summed E-state index contributed by atoms with van der Waals surface area (Å²) in [5, 5.41) is 5.55. The lowest BCUT2D eigenvalue weighted by Crippen LogP contribution is -2.54. The number of rotatable bonds is 4. The number of fused-ring (bicyclic) bond motifs is 1. The predicted octanol–water partition coefficient (Wildman–Crippen LogP) is 1.19. The molecule has 3 saturated heterocycles. The summed E-state index contributed by atoms with van der Waals surface area (Å²) in [6.45, 7) is 6.09. The molecule has 0 bridgehead atoms. The molecule has 4 aliphatic rings. The van der Waals surface area contributed by atoms with Crippen molar-refractivity contribution in [3.63, 3.8) is 0 Å². The van der Waals surface area contributed by atoms with Gasteiger partial charge in [0.15, 0.2) is 0 Å². The molecule has 9 nitrogen and oxygen atoms in total. The smallest absolute Gasteiger partial charge is 0.262 e. The van der Waals surface area contributed by atoms with Crippen LogP contribution in [0.15, 0.2) is 12.1 Å². The van der Waals surface area contributed by atoms with Crippen molar-refractivity contribution in [1.29, 1.82) is 0 Å². The van der Waals surface area contributed by atoms with Crippen molar-refractivity contribution in [3.8, 4) is 0 Å². The van der Waals surface area contributed by atoms with E-state index in [4.69, 9.17) is 0 Å². The maximum Gasteiger partial charge on any atom is 0.262 e. The number of amides is 4. The number of imide groups is 2. The number of nitrogens with one attached hydrogen (secondary N) is 2. The van der Waals surface area contributed by atoms with Crippen LogP contribution in [-0.2, 0) is 9.59 Å². The van der Waals surface area contributed by atoms with Gasteiger partial charge < -0.3 is 10.2 Å². The van der Waals surface area contributed by atoms with Crippen molar-refractivity contribution in [1.82, 2.24) is 20.4 Å². The molecule has 0 aromatic heterocycles. The van der Waals surface area contributed by atoms with Gasteiger partial charge in [0.25, 0.3) is 11.8 Å². The number of piperazine rings is 1. The number of piperidine rings is 2. The average molecular weight is 530 g/mol. The van der Waals surface area contributed by atoms with Crippen LogP contribution in [0.3, 0.4) is 0 Å². The molecule has 12 heteroatoms. The number of halogens is 3. The molecule has 0 spiro atoms. The first-order valence-corrected chi connectivity index (χ1v) is 11.7. The van der Waals surface area contributed by atoms with Gasteiger partial charge in [-0.1, -0.05) is 0 Å². The van der Waals surface area contributed by atoms with E-state index >= 15 is 4.39 Å². The molecule has 2 N–H and O–H groups in total. The summed E-state index contributed by atoms with van der Waals surface area (Å²) in [6.07, 6.45) is 2.48. The van der Waals surface area contributed by atoms with Crippen LogP contribution in [0.25, 0.3) is 0 Å². The van der Waals surface area contributed by atoms with Crippen molar-refractivity contribution in [2.75, 3.05) is 50.7 Å². The molecule has 3 fully saturated rings. The van der Waals surface area contributed by atoms with Crippen LogP contribution in [0.1, 0.15) is 46.4 Å². The summed E-state index contributed by atoms with van der Waals surface area (Å²) in [5.41, 5.74) is 0.385. The van der Waals surface area contributed by atoms with E-state index in [0.717, 1.165) is 43.7 Å². The molecule has 1 atom stereocenters. The first-order chi connectivity index (χ1) is 15.9. The zero-order valence-electron chi connectivity index (χ0n) is 19.3. The van der Waals surface area contributed by atoms with Gasteiger partial charge in [-0.3, -0.25) is 34.3 Å². The molecule has 0 saturated carbocycles. The van der Waals surface area contributed by atoms with Crippen LogP contribution in [0.5, 0.6) is 0 Å². The predicted molar refractivity (Wildman–Crippen MR) is 132 cm³/mol. The quantitative estimate of drug-likeness (QED) is 0.564. The van der Waals surface area contributed by atoms with E-state index in [2.05, 4.69) is 15.5 Å². The normalized spacial score (nSPS) is 23.5. The number of hydrogen-bond donors (Lipinski definition) is 2. The fourth-order valence-electron chi connectivity index (χ4n) is 5.32. The van der Waals surface area contributed by atoms with Crippen LogP contribution in [0.2, 0.25) is 0 Å². The Morgan fingerprint density at radius 1 is 0.886 bits per heavy atom. The number of nitrogens with zero attached hydrogens (tertiary/aromatic N) is 3. The number of carbonyl (C=O) groups is 4. The van der Waals surface area contributed by atoms with Gasteiger partial charge >= 0.3 is 0 Å². The molecule has 5 rings (SSSR count). The topological polar surface area (TPSA) is 102 Å². The van der Waals surface area contributed by atoms with Crippen LogP contribution in [0, 0.1) is 11.7 Å². The summed E-state index contributed by atoms with van der Waals surface area (Å²) < 4.78 is 15.0. The van der Waals surface area contributed by atoms with Crippen molar-refractivity contribution in [2.45, 2.75) is 31.7 Å². The molecule has 1 aromatic rings. The molecule has 1 unspecified atom stereocenters. The Bertz CT molecular complexity index is 1010. The van der Waals surface area contributed by atoms with Crippen molar-refractivity contribution < 1.29 is 23.6 Å². The summed E-state index contributed by atoms with van der Waals surface area (Å²) in [6, 6.07) is 1.50. The Kier molecular flexibility index (Phi) is 8.74. The van der Waals surface area contributed by atoms with E-state index in [0.29, 0.717) is 24.7 Å². The first kappa shape index (κ1) is 27.3. The highest BCUT2D eigenvalue weighted by atomic mass is 35.5. The molecule has 0 aliphatic carbocycles. The minimum Gasteiger partial charge on any atom is -0.367 e. The molecule has 192 valence electrons. The van der Waals surface area contributed by atoms with E-state index in [1.54, 1.807) is 0 Å². The number of anilines is 1. The zero-order chi connectivity index (χ0) is 23.1. The minimum atomic E-state index is -1.06. The molecule has 35 heavy (non-hydrogen) atoms. The van der Waals surface area contributed by atoms with Crippen molar-refractivity contribution in [3.05, 3.63) is 29.1 Å². The van der Waals surface area contributed by atoms with E-state index < -0.39 is 35.5 Å². The first-order valence-electron chi connectivity index (χ1n) is 11.7. The van der Waals surface area contributed by atoms with E-state index in [1.165, 1.54) is 18.9 Å². The van der Waals surface area contributed by atoms with Gasteiger partial charge in [-0.2, -0.15) is 0 Å². The second-order valence-corrected chi connectivity index (χ2v) is 9.28. The lowest BCUT2D eigenvalue weighted by molar-refractivity contribution is -0.136. The zero-order valence-corrected chi connectivity index (χ0v) is 20.9. The Labute approximate surface area is 215 Å². The number of hydrogen-bond acceptors (Lipinski definition) is 7. The summed E-state index contributed by atoms with van der Waals surface area (Å²) in [7, 11) is 0. The second kappa shape index (κ2) is 11.2. The monoisotopic (exact) mass is 529 g/mol. The lowest BCUT2D eigenvalue weighted by atomic mass is 9.97. The van der Waals surface area contributed by atoms with Gasteiger partial charge in [0.2, 0.25) is 11.8 Å². The molecule has 4 amide bonds. The minimum absolute atomic E-state index is 0. The van der Waals surface area contributed by atoms with Crippen LogP contribution >= 0.6 is 24.8 Å². The third-order valence-electron chi connectivity index (χ3n) is 7.20.